The summed E-state index contributed by atoms with van der Waals surface area (Å²) in [6.07, 6.45) is -0.687. The lowest BCUT2D eigenvalue weighted by Crippen LogP contribution is -2.61. The molecule has 48 heavy (non-hydrogen) atoms. The summed E-state index contributed by atoms with van der Waals surface area (Å²) in [5.74, 6) is -6.59. The van der Waals surface area contributed by atoms with Gasteiger partial charge in [0.2, 0.25) is 29.5 Å². The summed E-state index contributed by atoms with van der Waals surface area (Å²) in [4.78, 5) is 78.6. The number of benzene rings is 2. The number of para-hydroxylation sites is 1. The number of hydrogen-bond acceptors (Lipinski definition) is 10. The highest BCUT2D eigenvalue weighted by molar-refractivity contribution is 5.97. The fourth-order valence-corrected chi connectivity index (χ4v) is 4.77. The molecule has 13 N–H and O–H groups in total. The highest BCUT2D eigenvalue weighted by atomic mass is 16.4. The van der Waals surface area contributed by atoms with E-state index in [4.69, 9.17) is 11.5 Å². The molecule has 17 heteroatoms. The Morgan fingerprint density at radius 2 is 1.42 bits per heavy atom. The number of carboxylic acids is 1. The molecule has 0 spiro atoms. The predicted octanol–water partition coefficient (Wildman–Crippen LogP) is -2.74. The predicted molar refractivity (Wildman–Crippen MR) is 170 cm³/mol. The Labute approximate surface area is 274 Å². The molecule has 17 nitrogen and oxygen atoms in total. The topological polar surface area (TPSA) is 299 Å². The van der Waals surface area contributed by atoms with Gasteiger partial charge < -0.3 is 58.1 Å². The molecule has 1 aromatic heterocycles. The number of aliphatic hydroxyl groups is 2. The van der Waals surface area contributed by atoms with Gasteiger partial charge in [0.15, 0.2) is 0 Å². The van der Waals surface area contributed by atoms with Crippen molar-refractivity contribution in [1.29, 1.82) is 0 Å². The maximum absolute atomic E-state index is 13.1. The minimum atomic E-state index is -1.74. The normalized spacial score (nSPS) is 14.8. The molecule has 0 saturated heterocycles. The zero-order valence-corrected chi connectivity index (χ0v) is 25.9. The van der Waals surface area contributed by atoms with E-state index in [2.05, 4.69) is 26.3 Å². The van der Waals surface area contributed by atoms with E-state index < -0.39 is 84.8 Å². The van der Waals surface area contributed by atoms with Crippen molar-refractivity contribution in [2.75, 3.05) is 6.61 Å². The lowest BCUT2D eigenvalue weighted by Gasteiger charge is -2.26. The second kappa shape index (κ2) is 16.9. The summed E-state index contributed by atoms with van der Waals surface area (Å²) >= 11 is 0. The van der Waals surface area contributed by atoms with Crippen molar-refractivity contribution < 1.29 is 49.2 Å². The zero-order chi connectivity index (χ0) is 35.5. The number of hydrogen-bond donors (Lipinski definition) is 11. The molecular formula is C31H39N7O10. The second-order valence-corrected chi connectivity index (χ2v) is 11.1. The van der Waals surface area contributed by atoms with Crippen molar-refractivity contribution in [2.45, 2.75) is 62.5 Å². The SMILES string of the molecule is C[C@@H](O)[C@H](NC(=O)[C@H](CO)NC(=O)[C@H](CC(N)=O)NC(=O)[C@@H](N)Cc1c[nH]c2ccccc12)C(=O)N[C@@H](Cc1ccc(O)cc1)C(=O)O. The van der Waals surface area contributed by atoms with Crippen molar-refractivity contribution in [3.8, 4) is 5.75 Å². The van der Waals surface area contributed by atoms with Crippen LogP contribution < -0.4 is 32.7 Å². The first kappa shape index (κ1) is 36.9. The van der Waals surface area contributed by atoms with Crippen LogP contribution in [0.5, 0.6) is 5.75 Å². The van der Waals surface area contributed by atoms with Crippen LogP contribution in [0.25, 0.3) is 10.9 Å². The van der Waals surface area contributed by atoms with Crippen LogP contribution in [0.4, 0.5) is 0 Å². The van der Waals surface area contributed by atoms with Crippen LogP contribution in [-0.4, -0.2) is 104 Å². The van der Waals surface area contributed by atoms with E-state index in [1.165, 1.54) is 24.3 Å². The van der Waals surface area contributed by atoms with E-state index in [1.54, 1.807) is 6.20 Å². The third kappa shape index (κ3) is 10.2. The van der Waals surface area contributed by atoms with Crippen molar-refractivity contribution in [1.82, 2.24) is 26.3 Å². The first-order chi connectivity index (χ1) is 22.7. The number of aromatic hydroxyl groups is 1. The Kier molecular flexibility index (Phi) is 13.0. The van der Waals surface area contributed by atoms with Crippen molar-refractivity contribution in [3.05, 3.63) is 65.9 Å². The Hall–Kier alpha value is -5.52. The molecule has 6 atom stereocenters. The number of carbonyl (C=O) groups excluding carboxylic acids is 5. The van der Waals surface area contributed by atoms with E-state index >= 15 is 0 Å². The minimum absolute atomic E-state index is 0.0505. The number of carboxylic acid groups (broad SMARTS) is 1. The molecule has 0 saturated carbocycles. The van der Waals surface area contributed by atoms with E-state index in [9.17, 15) is 49.2 Å². The lowest BCUT2D eigenvalue weighted by molar-refractivity contribution is -0.143. The molecule has 3 rings (SSSR count). The number of aromatic amines is 1. The van der Waals surface area contributed by atoms with Crippen LogP contribution in [0, 0.1) is 0 Å². The second-order valence-electron chi connectivity index (χ2n) is 11.1. The van der Waals surface area contributed by atoms with E-state index in [-0.39, 0.29) is 18.6 Å². The van der Waals surface area contributed by atoms with Gasteiger partial charge in [0.05, 0.1) is 25.2 Å². The molecule has 2 aromatic carbocycles. The number of nitrogens with two attached hydrogens (primary N) is 2. The molecule has 0 fully saturated rings. The van der Waals surface area contributed by atoms with Crippen LogP contribution >= 0.6 is 0 Å². The molecule has 0 radical (unpaired) electrons. The van der Waals surface area contributed by atoms with Gasteiger partial charge in [-0.15, -0.1) is 0 Å². The van der Waals surface area contributed by atoms with Gasteiger partial charge in [0, 0.05) is 23.5 Å². The first-order valence-corrected chi connectivity index (χ1v) is 14.8. The monoisotopic (exact) mass is 669 g/mol. The molecule has 5 amide bonds. The van der Waals surface area contributed by atoms with Crippen LogP contribution in [0.3, 0.4) is 0 Å². The number of amides is 5. The average molecular weight is 670 g/mol. The van der Waals surface area contributed by atoms with Crippen LogP contribution in [-0.2, 0) is 41.6 Å². The smallest absolute Gasteiger partial charge is 0.326 e. The molecule has 0 aliphatic heterocycles. The van der Waals surface area contributed by atoms with Gasteiger partial charge in [0.1, 0.15) is 29.9 Å². The number of aromatic nitrogens is 1. The summed E-state index contributed by atoms with van der Waals surface area (Å²) in [6.45, 7) is 0.131. The standard InChI is InChI=1S/C31H39N7O10/c1-15(40)26(30(46)36-23(31(47)48)10-16-6-8-18(41)9-7-16)38-29(45)24(14-39)37-28(44)22(12-25(33)42)35-27(43)20(32)11-17-13-34-21-5-3-2-4-19(17)21/h2-9,13,15,20,22-24,26,34,39-41H,10-12,14,32H2,1H3,(H2,33,42)(H,35,43)(H,36,46)(H,37,44)(H,38,45)(H,47,48)/t15-,20+,22+,23+,24+,26+/m1/s1. The summed E-state index contributed by atoms with van der Waals surface area (Å²) in [7, 11) is 0. The summed E-state index contributed by atoms with van der Waals surface area (Å²) in [5.41, 5.74) is 13.4. The van der Waals surface area contributed by atoms with E-state index in [1.807, 2.05) is 24.3 Å². The van der Waals surface area contributed by atoms with Gasteiger partial charge in [-0.05, 0) is 42.7 Å². The molecule has 0 aliphatic rings. The molecule has 3 aromatic rings. The molecular weight excluding hydrogens is 630 g/mol. The van der Waals surface area contributed by atoms with Gasteiger partial charge in [-0.25, -0.2) is 4.79 Å². The van der Waals surface area contributed by atoms with Crippen molar-refractivity contribution in [2.24, 2.45) is 11.5 Å². The number of fused-ring (bicyclic) bond motifs is 1. The number of aliphatic carboxylic acids is 1. The Morgan fingerprint density at radius 1 is 0.812 bits per heavy atom. The molecule has 0 unspecified atom stereocenters. The minimum Gasteiger partial charge on any atom is -0.508 e. The summed E-state index contributed by atoms with van der Waals surface area (Å²) in [5, 5.41) is 48.9. The van der Waals surface area contributed by atoms with E-state index in [0.717, 1.165) is 23.4 Å². The van der Waals surface area contributed by atoms with Gasteiger partial charge >= 0.3 is 5.97 Å². The number of phenols is 1. The van der Waals surface area contributed by atoms with Crippen LogP contribution in [0.15, 0.2) is 54.7 Å². The number of aliphatic hydroxyl groups excluding tert-OH is 2. The highest BCUT2D eigenvalue weighted by Gasteiger charge is 2.34. The van der Waals surface area contributed by atoms with Crippen LogP contribution in [0.2, 0.25) is 0 Å². The molecule has 0 aliphatic carbocycles. The Bertz CT molecular complexity index is 1630. The van der Waals surface area contributed by atoms with Crippen molar-refractivity contribution >= 4 is 46.4 Å². The maximum Gasteiger partial charge on any atom is 0.326 e. The third-order valence-electron chi connectivity index (χ3n) is 7.36. The average Bonchev–Trinajstić information content (AvgIpc) is 3.44. The molecule has 1 heterocycles. The Balaban J connectivity index is 1.65. The van der Waals surface area contributed by atoms with E-state index in [0.29, 0.717) is 5.56 Å². The van der Waals surface area contributed by atoms with Gasteiger partial charge in [-0.3, -0.25) is 24.0 Å². The van der Waals surface area contributed by atoms with Crippen molar-refractivity contribution in [3.63, 3.8) is 0 Å². The fraction of sp³-hybridized carbons (Fsp3) is 0.355. The first-order valence-electron chi connectivity index (χ1n) is 14.8. The van der Waals surface area contributed by atoms with Gasteiger partial charge in [-0.2, -0.15) is 0 Å². The zero-order valence-electron chi connectivity index (χ0n) is 25.9. The number of primary amides is 1. The fourth-order valence-electron chi connectivity index (χ4n) is 4.77. The van der Waals surface area contributed by atoms with Crippen LogP contribution in [0.1, 0.15) is 24.5 Å². The number of rotatable bonds is 17. The molecule has 258 valence electrons. The number of nitrogens with one attached hydrogen (secondary N) is 5. The molecule has 0 bridgehead atoms. The number of carbonyl (C=O) groups is 6. The lowest BCUT2D eigenvalue weighted by atomic mass is 10.0. The highest BCUT2D eigenvalue weighted by Crippen LogP contribution is 2.19. The third-order valence-corrected chi connectivity index (χ3v) is 7.36. The quantitative estimate of drug-likeness (QED) is 0.0700. The number of phenolic OH excluding ortho intramolecular Hbond substituents is 1. The summed E-state index contributed by atoms with van der Waals surface area (Å²) in [6, 6.07) is 5.17. The maximum atomic E-state index is 13.1. The number of H-pyrrole nitrogens is 1. The summed E-state index contributed by atoms with van der Waals surface area (Å²) < 4.78 is 0. The largest absolute Gasteiger partial charge is 0.508 e. The Morgan fingerprint density at radius 3 is 2.02 bits per heavy atom. The van der Waals surface area contributed by atoms with Gasteiger partial charge in [0.25, 0.3) is 0 Å². The van der Waals surface area contributed by atoms with Gasteiger partial charge in [-0.1, -0.05) is 30.3 Å².